The molecule has 1 unspecified atom stereocenters. The zero-order chi connectivity index (χ0) is 14.3. The fraction of sp³-hybridized carbons (Fsp3) is 0.917. The molecule has 19 heavy (non-hydrogen) atoms. The Balaban J connectivity index is 1.88. The van der Waals surface area contributed by atoms with Crippen molar-refractivity contribution in [1.82, 2.24) is 10.2 Å². The molecule has 0 aromatic rings. The number of nitrogens with zero attached hydrogens (tertiary/aromatic N) is 1. The number of hydrogen-bond donors (Lipinski definition) is 1. The Kier molecular flexibility index (Phi) is 3.79. The van der Waals surface area contributed by atoms with Crippen LogP contribution in [0.15, 0.2) is 0 Å². The predicted molar refractivity (Wildman–Crippen MR) is 71.7 cm³/mol. The highest BCUT2D eigenvalue weighted by Gasteiger charge is 2.44. The van der Waals surface area contributed by atoms with Gasteiger partial charge in [0.15, 0.2) is 9.84 Å². The lowest BCUT2D eigenvalue weighted by Gasteiger charge is -2.44. The molecule has 110 valence electrons. The number of sulfone groups is 1. The van der Waals surface area contributed by atoms with E-state index in [0.717, 1.165) is 0 Å². The first-order chi connectivity index (χ1) is 8.69. The Morgan fingerprint density at radius 3 is 2.47 bits per heavy atom. The van der Waals surface area contributed by atoms with Crippen molar-refractivity contribution in [3.05, 3.63) is 0 Å². The largest absolute Gasteiger partial charge is 0.444 e. The van der Waals surface area contributed by atoms with Gasteiger partial charge in [0, 0.05) is 32.1 Å². The van der Waals surface area contributed by atoms with Crippen LogP contribution >= 0.6 is 0 Å². The first kappa shape index (κ1) is 14.6. The Hall–Kier alpha value is -0.820. The lowest BCUT2D eigenvalue weighted by molar-refractivity contribution is -0.00166. The molecule has 0 radical (unpaired) electrons. The second-order valence-corrected chi connectivity index (χ2v) is 8.59. The zero-order valence-electron chi connectivity index (χ0n) is 11.7. The number of carbonyl (C=O) groups excluding carboxylic acids is 1. The predicted octanol–water partition coefficient (Wildman–Crippen LogP) is 0.240. The van der Waals surface area contributed by atoms with Crippen LogP contribution < -0.4 is 5.32 Å². The summed E-state index contributed by atoms with van der Waals surface area (Å²) in [5.41, 5.74) is -0.513. The van der Waals surface area contributed by atoms with Gasteiger partial charge >= 0.3 is 6.09 Å². The molecule has 0 aromatic carbocycles. The SMILES string of the molecule is CC(C)(C)OC(=O)N1CC(C2CNCCS2(=O)=O)C1. The van der Waals surface area contributed by atoms with Gasteiger partial charge in [-0.3, -0.25) is 0 Å². The molecular formula is C12H22N2O4S. The highest BCUT2D eigenvalue weighted by molar-refractivity contribution is 7.92. The van der Waals surface area contributed by atoms with E-state index in [4.69, 9.17) is 4.74 Å². The van der Waals surface area contributed by atoms with E-state index in [-0.39, 0.29) is 23.0 Å². The van der Waals surface area contributed by atoms with Crippen LogP contribution in [0, 0.1) is 5.92 Å². The lowest BCUT2D eigenvalue weighted by atomic mass is 9.96. The molecule has 2 fully saturated rings. The molecule has 2 rings (SSSR count). The Morgan fingerprint density at radius 2 is 1.95 bits per heavy atom. The van der Waals surface area contributed by atoms with Crippen LogP contribution in [0.5, 0.6) is 0 Å². The first-order valence-electron chi connectivity index (χ1n) is 6.59. The van der Waals surface area contributed by atoms with E-state index in [0.29, 0.717) is 26.2 Å². The van der Waals surface area contributed by atoms with Crippen molar-refractivity contribution in [1.29, 1.82) is 0 Å². The summed E-state index contributed by atoms with van der Waals surface area (Å²) in [6.45, 7) is 7.42. The van der Waals surface area contributed by atoms with Gasteiger partial charge in [0.2, 0.25) is 0 Å². The highest BCUT2D eigenvalue weighted by atomic mass is 32.2. The van der Waals surface area contributed by atoms with Gasteiger partial charge in [-0.1, -0.05) is 0 Å². The fourth-order valence-electron chi connectivity index (χ4n) is 2.42. The number of rotatable bonds is 1. The van der Waals surface area contributed by atoms with Crippen LogP contribution in [0.2, 0.25) is 0 Å². The van der Waals surface area contributed by atoms with Crippen molar-refractivity contribution < 1.29 is 17.9 Å². The summed E-state index contributed by atoms with van der Waals surface area (Å²) >= 11 is 0. The number of ether oxygens (including phenoxy) is 1. The summed E-state index contributed by atoms with van der Waals surface area (Å²) in [7, 11) is -3.01. The number of hydrogen-bond acceptors (Lipinski definition) is 5. The van der Waals surface area contributed by atoms with Crippen LogP contribution in [0.3, 0.4) is 0 Å². The first-order valence-corrected chi connectivity index (χ1v) is 8.31. The van der Waals surface area contributed by atoms with Crippen molar-refractivity contribution in [2.45, 2.75) is 31.6 Å². The van der Waals surface area contributed by atoms with Gasteiger partial charge in [-0.25, -0.2) is 13.2 Å². The van der Waals surface area contributed by atoms with E-state index in [2.05, 4.69) is 5.32 Å². The number of carbonyl (C=O) groups is 1. The third-order valence-corrected chi connectivity index (χ3v) is 5.70. The van der Waals surface area contributed by atoms with Crippen LogP contribution in [0.4, 0.5) is 4.79 Å². The smallest absolute Gasteiger partial charge is 0.410 e. The fourth-order valence-corrected chi connectivity index (χ4v) is 4.28. The normalized spacial score (nSPS) is 27.7. The summed E-state index contributed by atoms with van der Waals surface area (Å²) < 4.78 is 29.1. The average molecular weight is 290 g/mol. The maximum Gasteiger partial charge on any atom is 0.410 e. The molecule has 2 saturated heterocycles. The summed E-state index contributed by atoms with van der Waals surface area (Å²) in [6, 6.07) is 0. The van der Waals surface area contributed by atoms with Crippen LogP contribution in [-0.2, 0) is 14.6 Å². The van der Waals surface area contributed by atoms with E-state index in [9.17, 15) is 13.2 Å². The minimum absolute atomic E-state index is 0.0327. The van der Waals surface area contributed by atoms with Gasteiger partial charge in [-0.15, -0.1) is 0 Å². The molecule has 0 spiro atoms. The average Bonchev–Trinajstić information content (AvgIpc) is 2.15. The molecule has 0 saturated carbocycles. The molecule has 2 aliphatic rings. The van der Waals surface area contributed by atoms with Crippen LogP contribution in [0.25, 0.3) is 0 Å². The summed E-state index contributed by atoms with van der Waals surface area (Å²) in [6.07, 6.45) is -0.357. The van der Waals surface area contributed by atoms with E-state index in [1.807, 2.05) is 20.8 Å². The monoisotopic (exact) mass is 290 g/mol. The third kappa shape index (κ3) is 3.39. The van der Waals surface area contributed by atoms with Crippen molar-refractivity contribution in [2.75, 3.05) is 31.9 Å². The molecule has 0 aliphatic carbocycles. The van der Waals surface area contributed by atoms with Crippen molar-refractivity contribution >= 4 is 15.9 Å². The standard InChI is InChI=1S/C12H22N2O4S/c1-12(2,3)18-11(15)14-7-9(8-14)10-6-13-4-5-19(10,16)17/h9-10,13H,4-8H2,1-3H3. The Bertz CT molecular complexity index is 449. The van der Waals surface area contributed by atoms with Gasteiger partial charge in [-0.2, -0.15) is 0 Å². The molecule has 6 nitrogen and oxygen atoms in total. The topological polar surface area (TPSA) is 75.7 Å². The minimum Gasteiger partial charge on any atom is -0.444 e. The second kappa shape index (κ2) is 4.94. The Labute approximate surface area is 114 Å². The van der Waals surface area contributed by atoms with E-state index in [1.165, 1.54) is 0 Å². The van der Waals surface area contributed by atoms with Gasteiger partial charge in [0.05, 0.1) is 11.0 Å². The summed E-state index contributed by atoms with van der Waals surface area (Å²) in [4.78, 5) is 13.3. The number of amides is 1. The lowest BCUT2D eigenvalue weighted by Crippen LogP contribution is -2.60. The molecule has 1 atom stereocenters. The third-order valence-electron chi connectivity index (χ3n) is 3.46. The van der Waals surface area contributed by atoms with Gasteiger partial charge < -0.3 is 15.0 Å². The summed E-state index contributed by atoms with van der Waals surface area (Å²) in [5.74, 6) is 0.228. The molecule has 7 heteroatoms. The quantitative estimate of drug-likeness (QED) is 0.748. The van der Waals surface area contributed by atoms with E-state index < -0.39 is 15.4 Å². The van der Waals surface area contributed by atoms with Crippen molar-refractivity contribution in [3.63, 3.8) is 0 Å². The van der Waals surface area contributed by atoms with Gasteiger partial charge in [0.25, 0.3) is 0 Å². The van der Waals surface area contributed by atoms with Crippen LogP contribution in [-0.4, -0.2) is 62.2 Å². The maximum atomic E-state index is 11.9. The van der Waals surface area contributed by atoms with E-state index >= 15 is 0 Å². The highest BCUT2D eigenvalue weighted by Crippen LogP contribution is 2.27. The Morgan fingerprint density at radius 1 is 1.32 bits per heavy atom. The summed E-state index contributed by atoms with van der Waals surface area (Å²) in [5, 5.41) is 2.75. The molecule has 2 aliphatic heterocycles. The molecular weight excluding hydrogens is 268 g/mol. The molecule has 0 aromatic heterocycles. The number of likely N-dealkylation sites (tertiary alicyclic amines) is 1. The molecule has 1 amide bonds. The molecule has 0 bridgehead atoms. The van der Waals surface area contributed by atoms with Crippen LogP contribution in [0.1, 0.15) is 20.8 Å². The van der Waals surface area contributed by atoms with Gasteiger partial charge in [0.1, 0.15) is 5.60 Å². The maximum absolute atomic E-state index is 11.9. The van der Waals surface area contributed by atoms with Crippen molar-refractivity contribution in [3.8, 4) is 0 Å². The van der Waals surface area contributed by atoms with Crippen molar-refractivity contribution in [2.24, 2.45) is 5.92 Å². The second-order valence-electron chi connectivity index (χ2n) is 6.25. The van der Waals surface area contributed by atoms with E-state index in [1.54, 1.807) is 4.90 Å². The molecule has 2 heterocycles. The minimum atomic E-state index is -3.01. The van der Waals surface area contributed by atoms with Gasteiger partial charge in [-0.05, 0) is 20.8 Å². The molecule has 1 N–H and O–H groups in total. The zero-order valence-corrected chi connectivity index (χ0v) is 12.5. The number of nitrogens with one attached hydrogen (secondary N) is 1.